The summed E-state index contributed by atoms with van der Waals surface area (Å²) in [6, 6.07) is 1.14. The molecule has 108 valence electrons. The molecule has 3 nitrogen and oxygen atoms in total. The number of piperidine rings is 1. The van der Waals surface area contributed by atoms with Crippen molar-refractivity contribution < 1.29 is 5.11 Å². The lowest BCUT2D eigenvalue weighted by molar-refractivity contribution is 0.00651. The molecule has 0 saturated carbocycles. The number of nitrogens with zero attached hydrogens (tertiary/aromatic N) is 1. The number of rotatable bonds is 5. The number of aliphatic hydroxyl groups excluding tert-OH is 1. The van der Waals surface area contributed by atoms with Crippen LogP contribution in [-0.2, 0) is 0 Å². The highest BCUT2D eigenvalue weighted by Crippen LogP contribution is 2.23. The summed E-state index contributed by atoms with van der Waals surface area (Å²) in [5.41, 5.74) is -0.0204. The number of hydrogen-bond donors (Lipinski definition) is 2. The number of aliphatic hydroxyl groups is 1. The molecule has 1 fully saturated rings. The molecule has 2 N–H and O–H groups in total. The first-order valence-electron chi connectivity index (χ1n) is 7.46. The van der Waals surface area contributed by atoms with Crippen molar-refractivity contribution in [2.45, 2.75) is 72.1 Å². The average molecular weight is 256 g/mol. The Morgan fingerprint density at radius 3 is 2.50 bits per heavy atom. The molecule has 18 heavy (non-hydrogen) atoms. The summed E-state index contributed by atoms with van der Waals surface area (Å²) in [4.78, 5) is 2.48. The maximum absolute atomic E-state index is 10.3. The molecule has 0 aromatic carbocycles. The van der Waals surface area contributed by atoms with Gasteiger partial charge in [-0.15, -0.1) is 0 Å². The topological polar surface area (TPSA) is 35.5 Å². The Bertz CT molecular complexity index is 235. The third-order valence-corrected chi connectivity index (χ3v) is 3.92. The van der Waals surface area contributed by atoms with Gasteiger partial charge in [0.15, 0.2) is 0 Å². The Kier molecular flexibility index (Phi) is 6.09. The van der Waals surface area contributed by atoms with Gasteiger partial charge in [0.2, 0.25) is 0 Å². The van der Waals surface area contributed by atoms with Gasteiger partial charge >= 0.3 is 0 Å². The van der Waals surface area contributed by atoms with Crippen LogP contribution in [0.3, 0.4) is 0 Å². The lowest BCUT2D eigenvalue weighted by atomic mass is 9.88. The van der Waals surface area contributed by atoms with Crippen molar-refractivity contribution in [2.24, 2.45) is 5.41 Å². The van der Waals surface area contributed by atoms with E-state index in [1.807, 2.05) is 0 Å². The molecule has 3 heteroatoms. The lowest BCUT2D eigenvalue weighted by Gasteiger charge is -2.40. The number of β-amino-alcohol motifs (C(OH)–C–C–N with tert-alkyl or cyclic N) is 1. The zero-order chi connectivity index (χ0) is 13.8. The van der Waals surface area contributed by atoms with E-state index in [1.165, 1.54) is 19.3 Å². The molecule has 0 aromatic heterocycles. The molecule has 2 atom stereocenters. The minimum absolute atomic E-state index is 0.0204. The van der Waals surface area contributed by atoms with E-state index < -0.39 is 0 Å². The summed E-state index contributed by atoms with van der Waals surface area (Å²) in [6.07, 6.45) is 3.62. The van der Waals surface area contributed by atoms with Gasteiger partial charge in [-0.2, -0.15) is 0 Å². The van der Waals surface area contributed by atoms with Gasteiger partial charge in [-0.1, -0.05) is 41.0 Å². The van der Waals surface area contributed by atoms with E-state index in [1.54, 1.807) is 0 Å². The minimum Gasteiger partial charge on any atom is -0.391 e. The number of nitrogens with one attached hydrogen (secondary N) is 1. The SMILES string of the molecule is CC(C)NCC1CCCCN1CC(O)C(C)(C)C. The molecule has 0 aliphatic carbocycles. The van der Waals surface area contributed by atoms with Gasteiger partial charge in [-0.05, 0) is 24.8 Å². The summed E-state index contributed by atoms with van der Waals surface area (Å²) in [5.74, 6) is 0. The Labute approximate surface area is 113 Å². The molecule has 1 rings (SSSR count). The second kappa shape index (κ2) is 6.88. The van der Waals surface area contributed by atoms with Crippen LogP contribution in [0.4, 0.5) is 0 Å². The predicted molar refractivity (Wildman–Crippen MR) is 77.8 cm³/mol. The van der Waals surface area contributed by atoms with Crippen LogP contribution in [0.2, 0.25) is 0 Å². The molecule has 1 aliphatic rings. The molecule has 0 spiro atoms. The summed E-state index contributed by atoms with van der Waals surface area (Å²) in [7, 11) is 0. The number of likely N-dealkylation sites (tertiary alicyclic amines) is 1. The van der Waals surface area contributed by atoms with Crippen molar-refractivity contribution in [1.82, 2.24) is 10.2 Å². The predicted octanol–water partition coefficient (Wildman–Crippen LogP) is 2.25. The van der Waals surface area contributed by atoms with Gasteiger partial charge < -0.3 is 10.4 Å². The fraction of sp³-hybridized carbons (Fsp3) is 1.00. The Balaban J connectivity index is 2.49. The van der Waals surface area contributed by atoms with Crippen LogP contribution in [0, 0.1) is 5.41 Å². The van der Waals surface area contributed by atoms with Crippen molar-refractivity contribution in [3.63, 3.8) is 0 Å². The fourth-order valence-electron chi connectivity index (χ4n) is 2.40. The fourth-order valence-corrected chi connectivity index (χ4v) is 2.40. The highest BCUT2D eigenvalue weighted by atomic mass is 16.3. The molecular formula is C15H32N2O. The standard InChI is InChI=1S/C15H32N2O/c1-12(2)16-10-13-8-6-7-9-17(13)11-14(18)15(3,4)5/h12-14,16,18H,6-11H2,1-5H3. The van der Waals surface area contributed by atoms with Crippen LogP contribution >= 0.6 is 0 Å². The van der Waals surface area contributed by atoms with Gasteiger partial charge in [0.1, 0.15) is 0 Å². The molecule has 0 amide bonds. The van der Waals surface area contributed by atoms with Gasteiger partial charge in [-0.3, -0.25) is 4.90 Å². The average Bonchev–Trinajstić information content (AvgIpc) is 2.26. The molecule has 0 bridgehead atoms. The third kappa shape index (κ3) is 5.25. The van der Waals surface area contributed by atoms with Crippen LogP contribution in [0.25, 0.3) is 0 Å². The first-order chi connectivity index (χ1) is 8.30. The van der Waals surface area contributed by atoms with E-state index in [0.717, 1.165) is 19.6 Å². The zero-order valence-corrected chi connectivity index (χ0v) is 12.9. The molecule has 0 radical (unpaired) electrons. The Morgan fingerprint density at radius 1 is 1.28 bits per heavy atom. The van der Waals surface area contributed by atoms with Crippen LogP contribution < -0.4 is 5.32 Å². The maximum atomic E-state index is 10.3. The van der Waals surface area contributed by atoms with Crippen molar-refractivity contribution in [2.75, 3.05) is 19.6 Å². The first kappa shape index (κ1) is 15.9. The highest BCUT2D eigenvalue weighted by molar-refractivity contribution is 4.84. The molecule has 2 unspecified atom stereocenters. The van der Waals surface area contributed by atoms with Crippen LogP contribution in [0.15, 0.2) is 0 Å². The summed E-state index contributed by atoms with van der Waals surface area (Å²) in [5, 5.41) is 13.8. The largest absolute Gasteiger partial charge is 0.391 e. The van der Waals surface area contributed by atoms with Gasteiger partial charge in [0, 0.05) is 25.2 Å². The second-order valence-corrected chi connectivity index (χ2v) is 7.09. The second-order valence-electron chi connectivity index (χ2n) is 7.09. The maximum Gasteiger partial charge on any atom is 0.0715 e. The minimum atomic E-state index is -0.239. The molecule has 1 heterocycles. The van der Waals surface area contributed by atoms with Crippen molar-refractivity contribution >= 4 is 0 Å². The smallest absolute Gasteiger partial charge is 0.0715 e. The van der Waals surface area contributed by atoms with Crippen molar-refractivity contribution in [3.8, 4) is 0 Å². The first-order valence-corrected chi connectivity index (χ1v) is 7.46. The summed E-state index contributed by atoms with van der Waals surface area (Å²) >= 11 is 0. The van der Waals surface area contributed by atoms with Crippen molar-refractivity contribution in [3.05, 3.63) is 0 Å². The van der Waals surface area contributed by atoms with E-state index in [0.29, 0.717) is 12.1 Å². The quantitative estimate of drug-likeness (QED) is 0.792. The van der Waals surface area contributed by atoms with E-state index in [-0.39, 0.29) is 11.5 Å². The van der Waals surface area contributed by atoms with E-state index in [4.69, 9.17) is 0 Å². The highest BCUT2D eigenvalue weighted by Gasteiger charge is 2.29. The molecular weight excluding hydrogens is 224 g/mol. The molecule has 0 aromatic rings. The van der Waals surface area contributed by atoms with Crippen molar-refractivity contribution in [1.29, 1.82) is 0 Å². The Hall–Kier alpha value is -0.120. The van der Waals surface area contributed by atoms with Gasteiger partial charge in [0.05, 0.1) is 6.10 Å². The van der Waals surface area contributed by atoms with E-state index >= 15 is 0 Å². The van der Waals surface area contributed by atoms with Gasteiger partial charge in [0.25, 0.3) is 0 Å². The zero-order valence-electron chi connectivity index (χ0n) is 12.9. The monoisotopic (exact) mass is 256 g/mol. The summed E-state index contributed by atoms with van der Waals surface area (Å²) in [6.45, 7) is 13.7. The van der Waals surface area contributed by atoms with Gasteiger partial charge in [-0.25, -0.2) is 0 Å². The Morgan fingerprint density at radius 2 is 1.94 bits per heavy atom. The number of hydrogen-bond acceptors (Lipinski definition) is 3. The normalized spacial score (nSPS) is 24.5. The van der Waals surface area contributed by atoms with E-state index in [2.05, 4.69) is 44.8 Å². The molecule has 1 saturated heterocycles. The van der Waals surface area contributed by atoms with Crippen LogP contribution in [0.1, 0.15) is 53.9 Å². The third-order valence-electron chi connectivity index (χ3n) is 3.92. The van der Waals surface area contributed by atoms with Crippen LogP contribution in [-0.4, -0.2) is 47.8 Å². The lowest BCUT2D eigenvalue weighted by Crippen LogP contribution is -2.51. The summed E-state index contributed by atoms with van der Waals surface area (Å²) < 4.78 is 0. The van der Waals surface area contributed by atoms with E-state index in [9.17, 15) is 5.11 Å². The van der Waals surface area contributed by atoms with Crippen LogP contribution in [0.5, 0.6) is 0 Å². The molecule has 1 aliphatic heterocycles.